The van der Waals surface area contributed by atoms with Gasteiger partial charge in [0.05, 0.1) is 0 Å². The average Bonchev–Trinajstić information content (AvgIpc) is 1.83. The summed E-state index contributed by atoms with van der Waals surface area (Å²) in [6.07, 6.45) is 1.99. The number of nitrogens with zero attached hydrogens (tertiary/aromatic N) is 2. The molecule has 1 N–H and O–H groups in total. The summed E-state index contributed by atoms with van der Waals surface area (Å²) in [5.41, 5.74) is 0. The Labute approximate surface area is 49.9 Å². The summed E-state index contributed by atoms with van der Waals surface area (Å²) < 4.78 is 0. The van der Waals surface area contributed by atoms with Gasteiger partial charge in [0, 0.05) is 20.1 Å². The van der Waals surface area contributed by atoms with Gasteiger partial charge in [0.1, 0.15) is 0 Å². The van der Waals surface area contributed by atoms with E-state index in [1.54, 1.807) is 11.9 Å². The minimum atomic E-state index is 0.785. The minimum absolute atomic E-state index is 0.785. The molecule has 0 aromatic carbocycles. The Hall–Kier alpha value is -0.750. The lowest BCUT2D eigenvalue weighted by atomic mass is 10.6. The van der Waals surface area contributed by atoms with Crippen LogP contribution in [0, 0.1) is 11.5 Å². The van der Waals surface area contributed by atoms with E-state index in [1.165, 1.54) is 0 Å². The SMILES string of the molecule is CNCCN(C)C#N. The van der Waals surface area contributed by atoms with Crippen LogP contribution in [0.3, 0.4) is 0 Å². The van der Waals surface area contributed by atoms with Crippen LogP contribution in [0.25, 0.3) is 0 Å². The van der Waals surface area contributed by atoms with Crippen molar-refractivity contribution in [3.8, 4) is 6.19 Å². The molecule has 46 valence electrons. The number of likely N-dealkylation sites (N-methyl/N-ethyl adjacent to an activating group) is 2. The van der Waals surface area contributed by atoms with E-state index in [1.807, 2.05) is 13.2 Å². The number of rotatable bonds is 3. The summed E-state index contributed by atoms with van der Waals surface area (Å²) in [7, 11) is 3.63. The largest absolute Gasteiger partial charge is 0.318 e. The maximum Gasteiger partial charge on any atom is 0.179 e. The zero-order valence-electron chi connectivity index (χ0n) is 5.31. The molecule has 3 nitrogen and oxygen atoms in total. The zero-order valence-corrected chi connectivity index (χ0v) is 5.31. The first kappa shape index (κ1) is 7.25. The van der Waals surface area contributed by atoms with E-state index >= 15 is 0 Å². The molecule has 0 unspecified atom stereocenters. The first-order valence-electron chi connectivity index (χ1n) is 2.56. The Bertz CT molecular complexity index is 84.2. The van der Waals surface area contributed by atoms with Gasteiger partial charge >= 0.3 is 0 Å². The summed E-state index contributed by atoms with van der Waals surface area (Å²) in [6, 6.07) is 0. The van der Waals surface area contributed by atoms with Crippen LogP contribution in [-0.2, 0) is 0 Å². The lowest BCUT2D eigenvalue weighted by molar-refractivity contribution is 0.468. The minimum Gasteiger partial charge on any atom is -0.318 e. The molecule has 0 rings (SSSR count). The summed E-state index contributed by atoms with van der Waals surface area (Å²) in [4.78, 5) is 1.58. The number of hydrogen-bond donors (Lipinski definition) is 1. The summed E-state index contributed by atoms with van der Waals surface area (Å²) in [5, 5.41) is 11.1. The van der Waals surface area contributed by atoms with Crippen molar-refractivity contribution in [3.63, 3.8) is 0 Å². The predicted molar refractivity (Wildman–Crippen MR) is 32.2 cm³/mol. The summed E-state index contributed by atoms with van der Waals surface area (Å²) in [5.74, 6) is 0. The monoisotopic (exact) mass is 113 g/mol. The molecule has 3 heteroatoms. The van der Waals surface area contributed by atoms with Crippen molar-refractivity contribution >= 4 is 0 Å². The fourth-order valence-corrected chi connectivity index (χ4v) is 0.330. The van der Waals surface area contributed by atoms with Gasteiger partial charge in [0.15, 0.2) is 6.19 Å². The van der Waals surface area contributed by atoms with E-state index < -0.39 is 0 Å². The second kappa shape index (κ2) is 4.41. The van der Waals surface area contributed by atoms with Crippen LogP contribution >= 0.6 is 0 Å². The molecule has 0 bridgehead atoms. The van der Waals surface area contributed by atoms with E-state index in [0.717, 1.165) is 13.1 Å². The summed E-state index contributed by atoms with van der Waals surface area (Å²) in [6.45, 7) is 1.65. The third-order valence-corrected chi connectivity index (χ3v) is 0.868. The number of hydrogen-bond acceptors (Lipinski definition) is 3. The predicted octanol–water partition coefficient (Wildman–Crippen LogP) is -0.381. The lowest BCUT2D eigenvalue weighted by Gasteiger charge is -2.05. The van der Waals surface area contributed by atoms with Crippen molar-refractivity contribution in [2.24, 2.45) is 0 Å². The van der Waals surface area contributed by atoms with Crippen LogP contribution in [0.15, 0.2) is 0 Å². The van der Waals surface area contributed by atoms with E-state index in [0.29, 0.717) is 0 Å². The zero-order chi connectivity index (χ0) is 6.41. The number of nitriles is 1. The van der Waals surface area contributed by atoms with Crippen molar-refractivity contribution in [1.29, 1.82) is 5.26 Å². The molecule has 0 aliphatic heterocycles. The first-order chi connectivity index (χ1) is 3.81. The quantitative estimate of drug-likeness (QED) is 0.400. The molecule has 0 spiro atoms. The molecular weight excluding hydrogens is 102 g/mol. The molecule has 0 saturated heterocycles. The Morgan fingerprint density at radius 2 is 2.38 bits per heavy atom. The van der Waals surface area contributed by atoms with Crippen LogP contribution in [0.4, 0.5) is 0 Å². The molecule has 0 aliphatic rings. The van der Waals surface area contributed by atoms with Gasteiger partial charge in [-0.3, -0.25) is 0 Å². The van der Waals surface area contributed by atoms with E-state index in [9.17, 15) is 0 Å². The smallest absolute Gasteiger partial charge is 0.179 e. The fraction of sp³-hybridized carbons (Fsp3) is 0.800. The van der Waals surface area contributed by atoms with Crippen molar-refractivity contribution < 1.29 is 0 Å². The van der Waals surface area contributed by atoms with Crippen LogP contribution in [0.5, 0.6) is 0 Å². The van der Waals surface area contributed by atoms with Gasteiger partial charge in [-0.1, -0.05) is 0 Å². The topological polar surface area (TPSA) is 39.1 Å². The highest BCUT2D eigenvalue weighted by Gasteiger charge is 1.87. The molecule has 0 aliphatic carbocycles. The van der Waals surface area contributed by atoms with Crippen molar-refractivity contribution in [2.45, 2.75) is 0 Å². The first-order valence-corrected chi connectivity index (χ1v) is 2.56. The highest BCUT2D eigenvalue weighted by molar-refractivity contribution is 4.68. The standard InChI is InChI=1S/C5H11N3/c1-7-3-4-8(2)5-6/h7H,3-4H2,1-2H3. The average molecular weight is 113 g/mol. The molecular formula is C5H11N3. The molecule has 0 aromatic heterocycles. The highest BCUT2D eigenvalue weighted by Crippen LogP contribution is 1.71. The highest BCUT2D eigenvalue weighted by atomic mass is 15.1. The van der Waals surface area contributed by atoms with E-state index in [4.69, 9.17) is 5.26 Å². The Morgan fingerprint density at radius 1 is 1.75 bits per heavy atom. The third-order valence-electron chi connectivity index (χ3n) is 0.868. The Kier molecular flexibility index (Phi) is 4.00. The lowest BCUT2D eigenvalue weighted by Crippen LogP contribution is -2.23. The molecule has 0 atom stereocenters. The van der Waals surface area contributed by atoms with Gasteiger partial charge in [0.25, 0.3) is 0 Å². The Balaban J connectivity index is 3.02. The normalized spacial score (nSPS) is 8.12. The number of nitrogens with one attached hydrogen (secondary N) is 1. The van der Waals surface area contributed by atoms with E-state index in [-0.39, 0.29) is 0 Å². The maximum atomic E-state index is 8.21. The molecule has 0 aromatic rings. The van der Waals surface area contributed by atoms with Gasteiger partial charge in [-0.25, -0.2) is 0 Å². The van der Waals surface area contributed by atoms with Crippen molar-refractivity contribution in [2.75, 3.05) is 27.2 Å². The maximum absolute atomic E-state index is 8.21. The molecule has 0 radical (unpaired) electrons. The second-order valence-electron chi connectivity index (χ2n) is 1.63. The summed E-state index contributed by atoms with van der Waals surface area (Å²) >= 11 is 0. The molecule has 0 saturated carbocycles. The van der Waals surface area contributed by atoms with Gasteiger partial charge in [-0.2, -0.15) is 5.26 Å². The molecule has 8 heavy (non-hydrogen) atoms. The van der Waals surface area contributed by atoms with E-state index in [2.05, 4.69) is 5.32 Å². The van der Waals surface area contributed by atoms with Crippen LogP contribution in [0.1, 0.15) is 0 Å². The van der Waals surface area contributed by atoms with Gasteiger partial charge in [-0.15, -0.1) is 0 Å². The van der Waals surface area contributed by atoms with Crippen LogP contribution in [-0.4, -0.2) is 32.1 Å². The van der Waals surface area contributed by atoms with Crippen molar-refractivity contribution in [3.05, 3.63) is 0 Å². The van der Waals surface area contributed by atoms with Crippen LogP contribution in [0.2, 0.25) is 0 Å². The molecule has 0 fully saturated rings. The molecule has 0 heterocycles. The van der Waals surface area contributed by atoms with Crippen molar-refractivity contribution in [1.82, 2.24) is 10.2 Å². The van der Waals surface area contributed by atoms with Crippen LogP contribution < -0.4 is 5.32 Å². The van der Waals surface area contributed by atoms with Gasteiger partial charge in [-0.05, 0) is 7.05 Å². The third kappa shape index (κ3) is 3.44. The second-order valence-corrected chi connectivity index (χ2v) is 1.63. The Morgan fingerprint density at radius 3 is 2.75 bits per heavy atom. The molecule has 0 amide bonds. The fourth-order valence-electron chi connectivity index (χ4n) is 0.330. The van der Waals surface area contributed by atoms with Gasteiger partial charge < -0.3 is 10.2 Å². The van der Waals surface area contributed by atoms with Gasteiger partial charge in [0.2, 0.25) is 0 Å².